The van der Waals surface area contributed by atoms with Gasteiger partial charge in [0, 0.05) is 6.61 Å². The average Bonchev–Trinajstić information content (AvgIpc) is 2.86. The van der Waals surface area contributed by atoms with Gasteiger partial charge in [-0.2, -0.15) is 0 Å². The number of rotatable bonds is 8. The Hall–Kier alpha value is -1.46. The molecule has 0 bridgehead atoms. The number of ether oxygens (including phenoxy) is 1. The van der Waals surface area contributed by atoms with Crippen molar-refractivity contribution >= 4 is 32.6 Å². The quantitative estimate of drug-likeness (QED) is 0.750. The molecule has 21 heavy (non-hydrogen) atoms. The van der Waals surface area contributed by atoms with Gasteiger partial charge < -0.3 is 10.1 Å². The molecule has 0 aliphatic heterocycles. The Morgan fingerprint density at radius 1 is 1.38 bits per heavy atom. The summed E-state index contributed by atoms with van der Waals surface area (Å²) < 4.78 is 6.30. The van der Waals surface area contributed by atoms with Crippen LogP contribution in [0.15, 0.2) is 18.2 Å². The molecule has 0 atom stereocenters. The largest absolute Gasteiger partial charge is 0.381 e. The Morgan fingerprint density at radius 3 is 3.00 bits per heavy atom. The molecule has 2 rings (SSSR count). The van der Waals surface area contributed by atoms with Gasteiger partial charge in [0.2, 0.25) is 5.91 Å². The van der Waals surface area contributed by atoms with E-state index >= 15 is 0 Å². The summed E-state index contributed by atoms with van der Waals surface area (Å²) in [6.07, 6.45) is 3.86. The molecule has 0 aliphatic rings. The van der Waals surface area contributed by atoms with Crippen LogP contribution in [0.25, 0.3) is 10.2 Å². The first kappa shape index (κ1) is 15.9. The van der Waals surface area contributed by atoms with Crippen LogP contribution in [-0.4, -0.2) is 24.1 Å². The molecule has 5 heteroatoms. The highest BCUT2D eigenvalue weighted by Gasteiger charge is 2.08. The summed E-state index contributed by atoms with van der Waals surface area (Å²) in [7, 11) is 0. The van der Waals surface area contributed by atoms with E-state index < -0.39 is 0 Å². The standard InChI is InChI=1S/C16H22N2O2S/c1-3-5-6-12-7-8-13-14(11-12)21-16(17-13)18-15(19)9-10-20-4-2/h7-8,11H,3-6,9-10H2,1-2H3,(H,17,18,19). The van der Waals surface area contributed by atoms with Gasteiger partial charge in [-0.1, -0.05) is 30.7 Å². The number of hydrogen-bond donors (Lipinski definition) is 1. The van der Waals surface area contributed by atoms with Gasteiger partial charge in [-0.05, 0) is 37.5 Å². The molecule has 0 saturated heterocycles. The average molecular weight is 306 g/mol. The molecule has 0 saturated carbocycles. The van der Waals surface area contributed by atoms with E-state index in [1.165, 1.54) is 29.7 Å². The van der Waals surface area contributed by atoms with Gasteiger partial charge in [-0.25, -0.2) is 4.98 Å². The van der Waals surface area contributed by atoms with Crippen molar-refractivity contribution in [2.75, 3.05) is 18.5 Å². The SMILES string of the molecule is CCCCc1ccc2nc(NC(=O)CCOCC)sc2c1. The predicted molar refractivity (Wildman–Crippen MR) is 88.0 cm³/mol. The molecule has 4 nitrogen and oxygen atoms in total. The van der Waals surface area contributed by atoms with E-state index in [4.69, 9.17) is 4.74 Å². The second-order valence-corrected chi connectivity index (χ2v) is 5.95. The number of thiazole rings is 1. The molecule has 114 valence electrons. The topological polar surface area (TPSA) is 51.2 Å². The molecular weight excluding hydrogens is 284 g/mol. The third-order valence-corrected chi connectivity index (χ3v) is 4.13. The van der Waals surface area contributed by atoms with Gasteiger partial charge in [0.05, 0.1) is 23.2 Å². The van der Waals surface area contributed by atoms with Crippen molar-refractivity contribution in [2.24, 2.45) is 0 Å². The molecule has 1 amide bonds. The minimum Gasteiger partial charge on any atom is -0.381 e. The number of amides is 1. The summed E-state index contributed by atoms with van der Waals surface area (Å²) in [5, 5.41) is 3.51. The summed E-state index contributed by atoms with van der Waals surface area (Å²) in [6.45, 7) is 5.20. The number of carbonyl (C=O) groups is 1. The Bertz CT molecular complexity index is 595. The molecule has 2 aromatic rings. The lowest BCUT2D eigenvalue weighted by molar-refractivity contribution is -0.117. The first-order valence-electron chi connectivity index (χ1n) is 7.50. The van der Waals surface area contributed by atoms with E-state index in [-0.39, 0.29) is 5.91 Å². The second kappa shape index (κ2) is 8.10. The van der Waals surface area contributed by atoms with Crippen molar-refractivity contribution in [2.45, 2.75) is 39.5 Å². The van der Waals surface area contributed by atoms with E-state index in [0.29, 0.717) is 24.8 Å². The zero-order valence-electron chi connectivity index (χ0n) is 12.6. The Balaban J connectivity index is 1.99. The maximum atomic E-state index is 11.7. The van der Waals surface area contributed by atoms with Crippen LogP contribution in [0.2, 0.25) is 0 Å². The molecule has 1 heterocycles. The molecule has 0 spiro atoms. The summed E-state index contributed by atoms with van der Waals surface area (Å²) in [5.41, 5.74) is 2.28. The van der Waals surface area contributed by atoms with Crippen molar-refractivity contribution in [3.8, 4) is 0 Å². The third-order valence-electron chi connectivity index (χ3n) is 3.20. The fourth-order valence-corrected chi connectivity index (χ4v) is 3.00. The summed E-state index contributed by atoms with van der Waals surface area (Å²) >= 11 is 1.53. The van der Waals surface area contributed by atoms with Crippen LogP contribution in [0.1, 0.15) is 38.7 Å². The molecule has 1 N–H and O–H groups in total. The maximum absolute atomic E-state index is 11.7. The Kier molecular flexibility index (Phi) is 6.14. The number of unbranched alkanes of at least 4 members (excludes halogenated alkanes) is 1. The van der Waals surface area contributed by atoms with E-state index in [1.807, 2.05) is 13.0 Å². The highest BCUT2D eigenvalue weighted by atomic mass is 32.1. The van der Waals surface area contributed by atoms with E-state index in [0.717, 1.165) is 16.6 Å². The number of anilines is 1. The van der Waals surface area contributed by atoms with Crippen LogP contribution in [-0.2, 0) is 16.0 Å². The number of hydrogen-bond acceptors (Lipinski definition) is 4. The van der Waals surface area contributed by atoms with E-state index in [1.54, 1.807) is 0 Å². The lowest BCUT2D eigenvalue weighted by Gasteiger charge is -2.01. The number of aryl methyl sites for hydroxylation is 1. The van der Waals surface area contributed by atoms with Crippen LogP contribution in [0, 0.1) is 0 Å². The van der Waals surface area contributed by atoms with Gasteiger partial charge in [0.1, 0.15) is 0 Å². The molecule has 1 aromatic carbocycles. The molecule has 0 unspecified atom stereocenters. The minimum absolute atomic E-state index is 0.0475. The molecule has 1 aromatic heterocycles. The van der Waals surface area contributed by atoms with Crippen LogP contribution < -0.4 is 5.32 Å². The van der Waals surface area contributed by atoms with Crippen LogP contribution in [0.5, 0.6) is 0 Å². The molecule has 0 fully saturated rings. The number of aromatic nitrogens is 1. The lowest BCUT2D eigenvalue weighted by Crippen LogP contribution is -2.13. The van der Waals surface area contributed by atoms with Crippen molar-refractivity contribution < 1.29 is 9.53 Å². The minimum atomic E-state index is -0.0475. The zero-order chi connectivity index (χ0) is 15.1. The number of benzene rings is 1. The fourth-order valence-electron chi connectivity index (χ4n) is 2.05. The summed E-state index contributed by atoms with van der Waals surface area (Å²) in [5.74, 6) is -0.0475. The van der Waals surface area contributed by atoms with Crippen molar-refractivity contribution in [3.05, 3.63) is 23.8 Å². The number of nitrogens with one attached hydrogen (secondary N) is 1. The number of carbonyl (C=O) groups excluding carboxylic acids is 1. The molecule has 0 radical (unpaired) electrons. The second-order valence-electron chi connectivity index (χ2n) is 4.92. The van der Waals surface area contributed by atoms with Crippen molar-refractivity contribution in [3.63, 3.8) is 0 Å². The van der Waals surface area contributed by atoms with Gasteiger partial charge >= 0.3 is 0 Å². The smallest absolute Gasteiger partial charge is 0.228 e. The van der Waals surface area contributed by atoms with Crippen LogP contribution in [0.3, 0.4) is 0 Å². The summed E-state index contributed by atoms with van der Waals surface area (Å²) in [4.78, 5) is 16.2. The van der Waals surface area contributed by atoms with Crippen LogP contribution in [0.4, 0.5) is 5.13 Å². The molecular formula is C16H22N2O2S. The van der Waals surface area contributed by atoms with Crippen molar-refractivity contribution in [1.29, 1.82) is 0 Å². The van der Waals surface area contributed by atoms with Crippen LogP contribution >= 0.6 is 11.3 Å². The predicted octanol–water partition coefficient (Wildman–Crippen LogP) is 4.00. The van der Waals surface area contributed by atoms with Gasteiger partial charge in [0.25, 0.3) is 0 Å². The normalized spacial score (nSPS) is 11.0. The number of fused-ring (bicyclic) bond motifs is 1. The molecule has 0 aliphatic carbocycles. The van der Waals surface area contributed by atoms with E-state index in [9.17, 15) is 4.79 Å². The highest BCUT2D eigenvalue weighted by molar-refractivity contribution is 7.22. The van der Waals surface area contributed by atoms with Crippen molar-refractivity contribution in [1.82, 2.24) is 4.98 Å². The van der Waals surface area contributed by atoms with Gasteiger partial charge in [-0.3, -0.25) is 4.79 Å². The first-order chi connectivity index (χ1) is 10.2. The van der Waals surface area contributed by atoms with E-state index in [2.05, 4.69) is 29.4 Å². The number of nitrogens with zero attached hydrogens (tertiary/aromatic N) is 1. The lowest BCUT2D eigenvalue weighted by atomic mass is 10.1. The van der Waals surface area contributed by atoms with Gasteiger partial charge in [0.15, 0.2) is 5.13 Å². The monoisotopic (exact) mass is 306 g/mol. The fraction of sp³-hybridized carbons (Fsp3) is 0.500. The summed E-state index contributed by atoms with van der Waals surface area (Å²) in [6, 6.07) is 6.34. The third kappa shape index (κ3) is 4.79. The Labute approximate surface area is 129 Å². The highest BCUT2D eigenvalue weighted by Crippen LogP contribution is 2.27. The first-order valence-corrected chi connectivity index (χ1v) is 8.31. The Morgan fingerprint density at radius 2 is 2.24 bits per heavy atom. The maximum Gasteiger partial charge on any atom is 0.228 e. The van der Waals surface area contributed by atoms with Gasteiger partial charge in [-0.15, -0.1) is 0 Å². The zero-order valence-corrected chi connectivity index (χ0v) is 13.5.